The van der Waals surface area contributed by atoms with Crippen LogP contribution in [-0.4, -0.2) is 50.8 Å². The van der Waals surface area contributed by atoms with Gasteiger partial charge >= 0.3 is 0 Å². The maximum atomic E-state index is 12.7. The highest BCUT2D eigenvalue weighted by molar-refractivity contribution is 6.31. The van der Waals surface area contributed by atoms with Gasteiger partial charge in [-0.3, -0.25) is 9.69 Å². The highest BCUT2D eigenvalue weighted by Gasteiger charge is 2.24. The van der Waals surface area contributed by atoms with E-state index in [0.29, 0.717) is 36.1 Å². The smallest absolute Gasteiger partial charge is 0.255 e. The minimum Gasteiger partial charge on any atom is -0.496 e. The summed E-state index contributed by atoms with van der Waals surface area (Å²) in [5.41, 5.74) is 1.61. The Morgan fingerprint density at radius 2 is 1.96 bits per heavy atom. The maximum absolute atomic E-state index is 12.7. The van der Waals surface area contributed by atoms with E-state index in [0.717, 1.165) is 13.1 Å². The van der Waals surface area contributed by atoms with Crippen LogP contribution in [0.3, 0.4) is 0 Å². The Bertz CT molecular complexity index is 733. The molecule has 0 spiro atoms. The van der Waals surface area contributed by atoms with Crippen LogP contribution < -0.4 is 10.1 Å². The first-order valence-electron chi connectivity index (χ1n) is 8.67. The molecule has 1 fully saturated rings. The molecule has 1 amide bonds. The highest BCUT2D eigenvalue weighted by Crippen LogP contribution is 2.24. The molecule has 0 radical (unpaired) electrons. The van der Waals surface area contributed by atoms with Gasteiger partial charge in [-0.05, 0) is 23.8 Å². The highest BCUT2D eigenvalue weighted by atomic mass is 35.5. The Kier molecular flexibility index (Phi) is 6.50. The zero-order chi connectivity index (χ0) is 18.4. The van der Waals surface area contributed by atoms with E-state index in [-0.39, 0.29) is 11.9 Å². The predicted molar refractivity (Wildman–Crippen MR) is 102 cm³/mol. The number of hydrogen-bond acceptors (Lipinski definition) is 4. The molecule has 0 saturated carbocycles. The minimum atomic E-state index is -0.196. The number of methoxy groups -OCH3 is 1. The molecule has 26 heavy (non-hydrogen) atoms. The van der Waals surface area contributed by atoms with Crippen LogP contribution in [0, 0.1) is 0 Å². The Morgan fingerprint density at radius 1 is 1.23 bits per heavy atom. The Balaban J connectivity index is 1.75. The summed E-state index contributed by atoms with van der Waals surface area (Å²) in [4.78, 5) is 15.0. The third kappa shape index (κ3) is 4.55. The largest absolute Gasteiger partial charge is 0.496 e. The van der Waals surface area contributed by atoms with Crippen molar-refractivity contribution in [3.8, 4) is 5.75 Å². The molecule has 0 bridgehead atoms. The predicted octanol–water partition coefficient (Wildman–Crippen LogP) is 3.15. The van der Waals surface area contributed by atoms with Crippen molar-refractivity contribution in [1.29, 1.82) is 0 Å². The molecule has 0 aliphatic carbocycles. The zero-order valence-corrected chi connectivity index (χ0v) is 15.5. The van der Waals surface area contributed by atoms with Crippen LogP contribution in [0.15, 0.2) is 48.5 Å². The first-order valence-corrected chi connectivity index (χ1v) is 9.05. The molecule has 6 heteroatoms. The molecule has 1 aliphatic heterocycles. The topological polar surface area (TPSA) is 50.8 Å². The van der Waals surface area contributed by atoms with Gasteiger partial charge in [0.2, 0.25) is 0 Å². The van der Waals surface area contributed by atoms with Crippen LogP contribution in [-0.2, 0) is 4.74 Å². The van der Waals surface area contributed by atoms with Gasteiger partial charge in [0, 0.05) is 24.7 Å². The van der Waals surface area contributed by atoms with Crippen LogP contribution in [0.5, 0.6) is 5.75 Å². The van der Waals surface area contributed by atoms with Gasteiger partial charge in [-0.2, -0.15) is 0 Å². The van der Waals surface area contributed by atoms with Crippen molar-refractivity contribution in [3.63, 3.8) is 0 Å². The number of morpholine rings is 1. The molecule has 3 rings (SSSR count). The van der Waals surface area contributed by atoms with Crippen molar-refractivity contribution in [1.82, 2.24) is 10.2 Å². The van der Waals surface area contributed by atoms with Gasteiger partial charge in [0.1, 0.15) is 5.75 Å². The van der Waals surface area contributed by atoms with Crippen molar-refractivity contribution in [2.24, 2.45) is 0 Å². The lowest BCUT2D eigenvalue weighted by atomic mass is 10.0. The van der Waals surface area contributed by atoms with E-state index < -0.39 is 0 Å². The van der Waals surface area contributed by atoms with Crippen LogP contribution in [0.1, 0.15) is 22.0 Å². The standard InChI is InChI=1S/C20H23ClN2O3/c1-25-19-8-7-16(21)13-17(19)20(24)22-14-18(15-5-3-2-4-6-15)23-9-11-26-12-10-23/h2-8,13,18H,9-12,14H2,1H3,(H,22,24). The molecule has 1 N–H and O–H groups in total. The maximum Gasteiger partial charge on any atom is 0.255 e. The second kappa shape index (κ2) is 9.03. The van der Waals surface area contributed by atoms with Crippen molar-refractivity contribution in [3.05, 3.63) is 64.7 Å². The molecule has 1 atom stereocenters. The second-order valence-corrected chi connectivity index (χ2v) is 6.57. The summed E-state index contributed by atoms with van der Waals surface area (Å²) in [5, 5.41) is 3.54. The summed E-state index contributed by atoms with van der Waals surface area (Å²) in [6.07, 6.45) is 0. The second-order valence-electron chi connectivity index (χ2n) is 6.13. The van der Waals surface area contributed by atoms with Gasteiger partial charge in [-0.25, -0.2) is 0 Å². The lowest BCUT2D eigenvalue weighted by molar-refractivity contribution is 0.0162. The Hall–Kier alpha value is -2.08. The molecule has 0 aromatic heterocycles. The summed E-state index contributed by atoms with van der Waals surface area (Å²) in [6, 6.07) is 15.3. The van der Waals surface area contributed by atoms with Crippen LogP contribution in [0.2, 0.25) is 5.02 Å². The molecule has 1 aliphatic rings. The average molecular weight is 375 g/mol. The van der Waals surface area contributed by atoms with E-state index in [1.54, 1.807) is 25.3 Å². The van der Waals surface area contributed by atoms with E-state index in [4.69, 9.17) is 21.1 Å². The van der Waals surface area contributed by atoms with Crippen molar-refractivity contribution in [2.45, 2.75) is 6.04 Å². The number of benzene rings is 2. The van der Waals surface area contributed by atoms with E-state index in [9.17, 15) is 4.79 Å². The molecule has 5 nitrogen and oxygen atoms in total. The monoisotopic (exact) mass is 374 g/mol. The molecule has 2 aromatic carbocycles. The van der Waals surface area contributed by atoms with Crippen LogP contribution >= 0.6 is 11.6 Å². The number of rotatable bonds is 6. The first kappa shape index (κ1) is 18.7. The fourth-order valence-corrected chi connectivity index (χ4v) is 3.34. The van der Waals surface area contributed by atoms with Gasteiger partial charge in [0.15, 0.2) is 0 Å². The lowest BCUT2D eigenvalue weighted by Crippen LogP contribution is -2.43. The van der Waals surface area contributed by atoms with Crippen molar-refractivity contribution in [2.75, 3.05) is 40.0 Å². The summed E-state index contributed by atoms with van der Waals surface area (Å²) in [7, 11) is 1.54. The van der Waals surface area contributed by atoms with Gasteiger partial charge in [0.05, 0.1) is 31.9 Å². The van der Waals surface area contributed by atoms with E-state index in [1.807, 2.05) is 18.2 Å². The number of ether oxygens (including phenoxy) is 2. The first-order chi connectivity index (χ1) is 12.7. The third-order valence-corrected chi connectivity index (χ3v) is 4.77. The Morgan fingerprint density at radius 3 is 2.65 bits per heavy atom. The number of nitrogens with zero attached hydrogens (tertiary/aromatic N) is 1. The number of carbonyl (C=O) groups is 1. The molecule has 2 aromatic rings. The quantitative estimate of drug-likeness (QED) is 0.843. The van der Waals surface area contributed by atoms with Crippen LogP contribution in [0.4, 0.5) is 0 Å². The van der Waals surface area contributed by atoms with E-state index >= 15 is 0 Å². The van der Waals surface area contributed by atoms with Gasteiger partial charge in [0.25, 0.3) is 5.91 Å². The normalized spacial score (nSPS) is 16.1. The molecular weight excluding hydrogens is 352 g/mol. The third-order valence-electron chi connectivity index (χ3n) is 4.53. The zero-order valence-electron chi connectivity index (χ0n) is 14.8. The molecule has 138 valence electrons. The molecule has 1 heterocycles. The summed E-state index contributed by atoms with van der Waals surface area (Å²) < 4.78 is 10.7. The fraction of sp³-hybridized carbons (Fsp3) is 0.350. The molecular formula is C20H23ClN2O3. The van der Waals surface area contributed by atoms with Crippen molar-refractivity contribution >= 4 is 17.5 Å². The van der Waals surface area contributed by atoms with Crippen molar-refractivity contribution < 1.29 is 14.3 Å². The van der Waals surface area contributed by atoms with E-state index in [2.05, 4.69) is 22.3 Å². The number of nitrogens with one attached hydrogen (secondary N) is 1. The number of hydrogen-bond donors (Lipinski definition) is 1. The Labute approximate surface area is 158 Å². The summed E-state index contributed by atoms with van der Waals surface area (Å²) in [5.74, 6) is 0.313. The SMILES string of the molecule is COc1ccc(Cl)cc1C(=O)NCC(c1ccccc1)N1CCOCC1. The number of halogens is 1. The lowest BCUT2D eigenvalue weighted by Gasteiger charge is -2.35. The van der Waals surface area contributed by atoms with Gasteiger partial charge < -0.3 is 14.8 Å². The minimum absolute atomic E-state index is 0.0919. The molecule has 1 unspecified atom stereocenters. The average Bonchev–Trinajstić information content (AvgIpc) is 2.69. The van der Waals surface area contributed by atoms with E-state index in [1.165, 1.54) is 5.56 Å². The summed E-state index contributed by atoms with van der Waals surface area (Å²) in [6.45, 7) is 3.60. The summed E-state index contributed by atoms with van der Waals surface area (Å²) >= 11 is 6.04. The van der Waals surface area contributed by atoms with Gasteiger partial charge in [-0.1, -0.05) is 41.9 Å². The molecule has 1 saturated heterocycles. The number of amides is 1. The van der Waals surface area contributed by atoms with Crippen LogP contribution in [0.25, 0.3) is 0 Å². The fourth-order valence-electron chi connectivity index (χ4n) is 3.16. The van der Waals surface area contributed by atoms with Gasteiger partial charge in [-0.15, -0.1) is 0 Å². The number of carbonyl (C=O) groups excluding carboxylic acids is 1.